The second kappa shape index (κ2) is 4.28. The summed E-state index contributed by atoms with van der Waals surface area (Å²) in [6, 6.07) is 8.66. The number of hydrogen-bond acceptors (Lipinski definition) is 3. The molecule has 0 unspecified atom stereocenters. The van der Waals surface area contributed by atoms with Crippen LogP contribution in [0.25, 0.3) is 11.3 Å². The van der Waals surface area contributed by atoms with E-state index in [4.69, 9.17) is 10.8 Å². The lowest BCUT2D eigenvalue weighted by Crippen LogP contribution is -1.94. The number of aromatic nitrogens is 1. The van der Waals surface area contributed by atoms with Gasteiger partial charge in [-0.1, -0.05) is 12.1 Å². The molecule has 3 nitrogen and oxygen atoms in total. The molecule has 0 radical (unpaired) electrons. The molecule has 0 saturated carbocycles. The van der Waals surface area contributed by atoms with Crippen molar-refractivity contribution in [2.45, 2.75) is 6.61 Å². The van der Waals surface area contributed by atoms with Gasteiger partial charge < -0.3 is 10.8 Å². The Kier molecular flexibility index (Phi) is 2.83. The quantitative estimate of drug-likeness (QED) is 0.757. The van der Waals surface area contributed by atoms with Crippen LogP contribution in [0.15, 0.2) is 36.5 Å². The van der Waals surface area contributed by atoms with Crippen LogP contribution < -0.4 is 5.73 Å². The lowest BCUT2D eigenvalue weighted by molar-refractivity contribution is 0.275. The minimum atomic E-state index is -0.504. The van der Waals surface area contributed by atoms with Crippen molar-refractivity contribution >= 4 is 5.69 Å². The van der Waals surface area contributed by atoms with Crippen molar-refractivity contribution in [1.82, 2.24) is 4.98 Å². The summed E-state index contributed by atoms with van der Waals surface area (Å²) >= 11 is 0. The van der Waals surface area contributed by atoms with Crippen LogP contribution in [0.2, 0.25) is 0 Å². The number of hydrogen-bond donors (Lipinski definition) is 2. The molecule has 16 heavy (non-hydrogen) atoms. The van der Waals surface area contributed by atoms with E-state index < -0.39 is 5.82 Å². The van der Waals surface area contributed by atoms with E-state index in [1.165, 1.54) is 6.07 Å². The van der Waals surface area contributed by atoms with Crippen LogP contribution in [0.5, 0.6) is 0 Å². The Hall–Kier alpha value is -1.94. The van der Waals surface area contributed by atoms with Gasteiger partial charge in [0.25, 0.3) is 0 Å². The molecule has 0 bridgehead atoms. The number of halogens is 1. The van der Waals surface area contributed by atoms with Gasteiger partial charge in [-0.3, -0.25) is 4.98 Å². The molecule has 0 atom stereocenters. The van der Waals surface area contributed by atoms with Gasteiger partial charge in [-0.15, -0.1) is 0 Å². The zero-order chi connectivity index (χ0) is 11.5. The molecule has 0 aliphatic carbocycles. The lowest BCUT2D eigenvalue weighted by atomic mass is 10.1. The first-order valence-corrected chi connectivity index (χ1v) is 4.82. The van der Waals surface area contributed by atoms with Crippen LogP contribution in [-0.2, 0) is 6.61 Å². The fraction of sp³-hybridized carbons (Fsp3) is 0.0833. The smallest absolute Gasteiger partial charge is 0.147 e. The molecule has 0 spiro atoms. The van der Waals surface area contributed by atoms with E-state index in [0.717, 1.165) is 11.8 Å². The highest BCUT2D eigenvalue weighted by Gasteiger charge is 2.05. The highest BCUT2D eigenvalue weighted by atomic mass is 19.1. The number of nitrogens with two attached hydrogens (primary N) is 1. The van der Waals surface area contributed by atoms with Crippen molar-refractivity contribution < 1.29 is 9.50 Å². The van der Waals surface area contributed by atoms with E-state index in [1.807, 2.05) is 6.07 Å². The maximum atomic E-state index is 13.1. The third-order valence-electron chi connectivity index (χ3n) is 2.29. The van der Waals surface area contributed by atoms with E-state index in [2.05, 4.69) is 4.98 Å². The molecule has 0 fully saturated rings. The SMILES string of the molecule is Nc1cccc(-c2cc(CO)c(F)cn2)c1. The summed E-state index contributed by atoms with van der Waals surface area (Å²) in [5, 5.41) is 8.95. The van der Waals surface area contributed by atoms with E-state index in [0.29, 0.717) is 11.4 Å². The molecule has 82 valence electrons. The highest BCUT2D eigenvalue weighted by molar-refractivity contribution is 5.64. The van der Waals surface area contributed by atoms with Crippen LogP contribution in [0.1, 0.15) is 5.56 Å². The zero-order valence-electron chi connectivity index (χ0n) is 8.52. The number of rotatable bonds is 2. The van der Waals surface area contributed by atoms with Crippen molar-refractivity contribution in [2.24, 2.45) is 0 Å². The molecule has 4 heteroatoms. The molecular formula is C12H11FN2O. The van der Waals surface area contributed by atoms with Crippen molar-refractivity contribution in [3.8, 4) is 11.3 Å². The van der Waals surface area contributed by atoms with Gasteiger partial charge in [0, 0.05) is 16.8 Å². The standard InChI is InChI=1S/C12H11FN2O/c13-11-6-15-12(5-9(11)7-16)8-2-1-3-10(14)4-8/h1-6,16H,7,14H2. The number of nitrogen functional groups attached to an aromatic ring is 1. The first-order valence-electron chi connectivity index (χ1n) is 4.82. The lowest BCUT2D eigenvalue weighted by Gasteiger charge is -2.04. The number of anilines is 1. The molecule has 1 heterocycles. The molecule has 1 aromatic carbocycles. The Morgan fingerprint density at radius 3 is 2.81 bits per heavy atom. The summed E-state index contributed by atoms with van der Waals surface area (Å²) in [5.74, 6) is -0.504. The van der Waals surface area contributed by atoms with Crippen molar-refractivity contribution in [2.75, 3.05) is 5.73 Å². The van der Waals surface area contributed by atoms with Gasteiger partial charge in [0.2, 0.25) is 0 Å². The molecule has 3 N–H and O–H groups in total. The van der Waals surface area contributed by atoms with Gasteiger partial charge in [0.1, 0.15) is 5.82 Å². The van der Waals surface area contributed by atoms with Crippen molar-refractivity contribution in [3.63, 3.8) is 0 Å². The second-order valence-electron chi connectivity index (χ2n) is 3.44. The maximum Gasteiger partial charge on any atom is 0.147 e. The summed E-state index contributed by atoms with van der Waals surface area (Å²) in [4.78, 5) is 3.96. The Morgan fingerprint density at radius 1 is 1.31 bits per heavy atom. The maximum absolute atomic E-state index is 13.1. The van der Waals surface area contributed by atoms with Crippen molar-refractivity contribution in [1.29, 1.82) is 0 Å². The average Bonchev–Trinajstić information content (AvgIpc) is 2.29. The van der Waals surface area contributed by atoms with Gasteiger partial charge in [-0.2, -0.15) is 0 Å². The number of pyridine rings is 1. The highest BCUT2D eigenvalue weighted by Crippen LogP contribution is 2.21. The molecule has 0 saturated heterocycles. The van der Waals surface area contributed by atoms with Gasteiger partial charge in [0.15, 0.2) is 0 Å². The largest absolute Gasteiger partial charge is 0.399 e. The van der Waals surface area contributed by atoms with Gasteiger partial charge in [-0.25, -0.2) is 4.39 Å². The van der Waals surface area contributed by atoms with Crippen LogP contribution in [0.4, 0.5) is 10.1 Å². The van der Waals surface area contributed by atoms with Gasteiger partial charge in [0.05, 0.1) is 18.5 Å². The van der Waals surface area contributed by atoms with E-state index in [1.54, 1.807) is 18.2 Å². The normalized spacial score (nSPS) is 10.4. The zero-order valence-corrected chi connectivity index (χ0v) is 8.52. The molecule has 1 aromatic heterocycles. The predicted molar refractivity (Wildman–Crippen MR) is 60.0 cm³/mol. The molecule has 0 aliphatic heterocycles. The molecule has 2 rings (SSSR count). The fourth-order valence-electron chi connectivity index (χ4n) is 1.46. The predicted octanol–water partition coefficient (Wildman–Crippen LogP) is 1.96. The first-order chi connectivity index (χ1) is 7.70. The topological polar surface area (TPSA) is 59.1 Å². The van der Waals surface area contributed by atoms with Gasteiger partial charge >= 0.3 is 0 Å². The minimum absolute atomic E-state index is 0.229. The molecule has 0 amide bonds. The summed E-state index contributed by atoms with van der Waals surface area (Å²) in [6.45, 7) is -0.344. The summed E-state index contributed by atoms with van der Waals surface area (Å²) in [7, 11) is 0. The summed E-state index contributed by atoms with van der Waals surface area (Å²) in [6.07, 6.45) is 1.10. The fourth-order valence-corrected chi connectivity index (χ4v) is 1.46. The van der Waals surface area contributed by atoms with Gasteiger partial charge in [-0.05, 0) is 18.2 Å². The van der Waals surface area contributed by atoms with Crippen LogP contribution in [0.3, 0.4) is 0 Å². The Labute approximate surface area is 92.4 Å². The average molecular weight is 218 g/mol. The third-order valence-corrected chi connectivity index (χ3v) is 2.29. The van der Waals surface area contributed by atoms with Crippen LogP contribution in [-0.4, -0.2) is 10.1 Å². The van der Waals surface area contributed by atoms with Crippen molar-refractivity contribution in [3.05, 3.63) is 47.9 Å². The number of aliphatic hydroxyl groups is 1. The van der Waals surface area contributed by atoms with E-state index in [-0.39, 0.29) is 12.2 Å². The molecular weight excluding hydrogens is 207 g/mol. The second-order valence-corrected chi connectivity index (χ2v) is 3.44. The van der Waals surface area contributed by atoms with Crippen LogP contribution in [0, 0.1) is 5.82 Å². The van der Waals surface area contributed by atoms with E-state index >= 15 is 0 Å². The number of aliphatic hydroxyl groups excluding tert-OH is 1. The third kappa shape index (κ3) is 2.01. The Morgan fingerprint density at radius 2 is 2.12 bits per heavy atom. The molecule has 0 aliphatic rings. The number of benzene rings is 1. The van der Waals surface area contributed by atoms with Crippen LogP contribution >= 0.6 is 0 Å². The Balaban J connectivity index is 2.48. The molecule has 2 aromatic rings. The Bertz CT molecular complexity index is 514. The minimum Gasteiger partial charge on any atom is -0.399 e. The summed E-state index contributed by atoms with van der Waals surface area (Å²) < 4.78 is 13.1. The number of nitrogens with zero attached hydrogens (tertiary/aromatic N) is 1. The first kappa shape index (κ1) is 10.6. The van der Waals surface area contributed by atoms with E-state index in [9.17, 15) is 4.39 Å². The monoisotopic (exact) mass is 218 g/mol. The summed E-state index contributed by atoms with van der Waals surface area (Å²) in [5.41, 5.74) is 7.89.